The molecular formula is C24H36O. The highest BCUT2D eigenvalue weighted by Crippen LogP contribution is 2.47. The Morgan fingerprint density at radius 2 is 1.64 bits per heavy atom. The highest BCUT2D eigenvalue weighted by Gasteiger charge is 2.38. The van der Waals surface area contributed by atoms with Crippen LogP contribution < -0.4 is 0 Å². The van der Waals surface area contributed by atoms with Crippen molar-refractivity contribution in [1.82, 2.24) is 0 Å². The summed E-state index contributed by atoms with van der Waals surface area (Å²) in [6.07, 6.45) is 14.4. The van der Waals surface area contributed by atoms with Crippen molar-refractivity contribution < 1.29 is 4.74 Å². The summed E-state index contributed by atoms with van der Waals surface area (Å²) < 4.78 is 6.07. The first-order valence-electron chi connectivity index (χ1n) is 10.9. The van der Waals surface area contributed by atoms with Crippen LogP contribution in [0.1, 0.15) is 75.0 Å². The average Bonchev–Trinajstić information content (AvgIpc) is 2.65. The zero-order valence-electron chi connectivity index (χ0n) is 16.3. The van der Waals surface area contributed by atoms with Crippen LogP contribution in [0, 0.1) is 30.6 Å². The van der Waals surface area contributed by atoms with E-state index >= 15 is 0 Å². The van der Waals surface area contributed by atoms with E-state index < -0.39 is 0 Å². The van der Waals surface area contributed by atoms with E-state index in [1.165, 1.54) is 63.4 Å². The number of rotatable bonds is 4. The van der Waals surface area contributed by atoms with Gasteiger partial charge in [-0.25, -0.2) is 0 Å². The molecule has 2 fully saturated rings. The molecule has 0 spiro atoms. The van der Waals surface area contributed by atoms with Gasteiger partial charge in [0.25, 0.3) is 0 Å². The first kappa shape index (κ1) is 17.6. The van der Waals surface area contributed by atoms with Gasteiger partial charge in [-0.1, -0.05) is 30.7 Å². The summed E-state index contributed by atoms with van der Waals surface area (Å²) in [5, 5.41) is 0. The number of ether oxygens (including phenoxy) is 1. The highest BCUT2D eigenvalue weighted by molar-refractivity contribution is 5.33. The molecule has 4 rings (SSSR count). The monoisotopic (exact) mass is 340 g/mol. The van der Waals surface area contributed by atoms with Crippen LogP contribution in [0.2, 0.25) is 0 Å². The smallest absolute Gasteiger partial charge is 0.0578 e. The first-order valence-corrected chi connectivity index (χ1v) is 10.9. The van der Waals surface area contributed by atoms with Gasteiger partial charge in [-0.3, -0.25) is 0 Å². The molecule has 0 saturated heterocycles. The molecule has 0 radical (unpaired) electrons. The van der Waals surface area contributed by atoms with Crippen LogP contribution in [0.25, 0.3) is 0 Å². The predicted octanol–water partition coefficient (Wildman–Crippen LogP) is 6.11. The zero-order valence-corrected chi connectivity index (χ0v) is 16.3. The highest BCUT2D eigenvalue weighted by atomic mass is 16.5. The van der Waals surface area contributed by atoms with Gasteiger partial charge >= 0.3 is 0 Å². The average molecular weight is 341 g/mol. The maximum atomic E-state index is 6.07. The molecule has 5 atom stereocenters. The second kappa shape index (κ2) is 7.82. The lowest BCUT2D eigenvalue weighted by Gasteiger charge is -2.45. The van der Waals surface area contributed by atoms with E-state index in [4.69, 9.17) is 4.74 Å². The molecule has 25 heavy (non-hydrogen) atoms. The normalized spacial score (nSPS) is 35.0. The van der Waals surface area contributed by atoms with Gasteiger partial charge in [-0.05, 0) is 106 Å². The van der Waals surface area contributed by atoms with Crippen LogP contribution in [0.3, 0.4) is 0 Å². The van der Waals surface area contributed by atoms with Gasteiger partial charge in [0.05, 0.1) is 6.10 Å². The van der Waals surface area contributed by atoms with Crippen molar-refractivity contribution >= 4 is 0 Å². The van der Waals surface area contributed by atoms with Crippen molar-refractivity contribution in [2.45, 2.75) is 84.2 Å². The number of fused-ring (bicyclic) bond motifs is 2. The van der Waals surface area contributed by atoms with Gasteiger partial charge < -0.3 is 4.74 Å². The SMILES string of the molecule is CCCOC1CCC2CC(C3CCc4cc(C)ccc4C3)CCC2C1. The lowest BCUT2D eigenvalue weighted by Crippen LogP contribution is -2.37. The van der Waals surface area contributed by atoms with Crippen LogP contribution in [-0.4, -0.2) is 12.7 Å². The van der Waals surface area contributed by atoms with E-state index in [1.54, 1.807) is 11.1 Å². The Balaban J connectivity index is 1.33. The molecule has 1 heteroatoms. The van der Waals surface area contributed by atoms with Crippen molar-refractivity contribution in [3.8, 4) is 0 Å². The third-order valence-electron chi connectivity index (χ3n) is 7.46. The number of hydrogen-bond donors (Lipinski definition) is 0. The third kappa shape index (κ3) is 3.97. The van der Waals surface area contributed by atoms with Crippen molar-refractivity contribution in [2.24, 2.45) is 23.7 Å². The molecule has 0 aliphatic heterocycles. The molecule has 1 aromatic rings. The Hall–Kier alpha value is -0.820. The molecule has 1 aromatic carbocycles. The van der Waals surface area contributed by atoms with Crippen molar-refractivity contribution in [2.75, 3.05) is 6.61 Å². The Morgan fingerprint density at radius 1 is 0.880 bits per heavy atom. The van der Waals surface area contributed by atoms with Crippen LogP contribution in [0.5, 0.6) is 0 Å². The maximum Gasteiger partial charge on any atom is 0.0578 e. The standard InChI is InChI=1S/C24H36O/c1-3-12-25-24-11-10-22-15-21(8-9-23(22)16-24)20-7-6-18-13-17(2)4-5-19(18)14-20/h4-5,13,20-24H,3,6-12,14-16H2,1-2H3. The lowest BCUT2D eigenvalue weighted by molar-refractivity contribution is -0.0236. The van der Waals surface area contributed by atoms with E-state index in [-0.39, 0.29) is 0 Å². The largest absolute Gasteiger partial charge is 0.378 e. The number of benzene rings is 1. The molecule has 5 unspecified atom stereocenters. The topological polar surface area (TPSA) is 9.23 Å². The molecule has 138 valence electrons. The van der Waals surface area contributed by atoms with Crippen LogP contribution in [-0.2, 0) is 17.6 Å². The predicted molar refractivity (Wildman–Crippen MR) is 105 cm³/mol. The Kier molecular flexibility index (Phi) is 5.50. The maximum absolute atomic E-state index is 6.07. The molecule has 0 heterocycles. The van der Waals surface area contributed by atoms with Crippen LogP contribution in [0.15, 0.2) is 18.2 Å². The number of aryl methyl sites for hydroxylation is 2. The molecular weight excluding hydrogens is 304 g/mol. The third-order valence-corrected chi connectivity index (χ3v) is 7.46. The van der Waals surface area contributed by atoms with Gasteiger partial charge in [-0.2, -0.15) is 0 Å². The Bertz CT molecular complexity index is 577. The van der Waals surface area contributed by atoms with Crippen LogP contribution >= 0.6 is 0 Å². The van der Waals surface area contributed by atoms with Gasteiger partial charge in [0.2, 0.25) is 0 Å². The van der Waals surface area contributed by atoms with Gasteiger partial charge in [-0.15, -0.1) is 0 Å². The summed E-state index contributed by atoms with van der Waals surface area (Å²) in [5.74, 6) is 3.90. The molecule has 0 aromatic heterocycles. The molecule has 2 saturated carbocycles. The van der Waals surface area contributed by atoms with Crippen molar-refractivity contribution in [3.63, 3.8) is 0 Å². The number of hydrogen-bond acceptors (Lipinski definition) is 1. The van der Waals surface area contributed by atoms with Crippen molar-refractivity contribution in [3.05, 3.63) is 34.9 Å². The minimum absolute atomic E-state index is 0.572. The first-order chi connectivity index (χ1) is 12.2. The molecule has 3 aliphatic carbocycles. The summed E-state index contributed by atoms with van der Waals surface area (Å²) in [6.45, 7) is 5.42. The van der Waals surface area contributed by atoms with Gasteiger partial charge in [0.15, 0.2) is 0 Å². The van der Waals surface area contributed by atoms with E-state index in [9.17, 15) is 0 Å². The molecule has 0 bridgehead atoms. The molecule has 0 amide bonds. The molecule has 0 N–H and O–H groups in total. The second-order valence-corrected chi connectivity index (χ2v) is 9.17. The lowest BCUT2D eigenvalue weighted by atomic mass is 9.62. The fourth-order valence-corrected chi connectivity index (χ4v) is 6.06. The quantitative estimate of drug-likeness (QED) is 0.642. The fourth-order valence-electron chi connectivity index (χ4n) is 6.06. The summed E-state index contributed by atoms with van der Waals surface area (Å²) >= 11 is 0. The van der Waals surface area contributed by atoms with Crippen molar-refractivity contribution in [1.29, 1.82) is 0 Å². The summed E-state index contributed by atoms with van der Waals surface area (Å²) in [6, 6.07) is 7.16. The van der Waals surface area contributed by atoms with Crippen LogP contribution in [0.4, 0.5) is 0 Å². The van der Waals surface area contributed by atoms with Gasteiger partial charge in [0, 0.05) is 6.61 Å². The van der Waals surface area contributed by atoms with E-state index in [1.807, 2.05) is 0 Å². The minimum Gasteiger partial charge on any atom is -0.378 e. The minimum atomic E-state index is 0.572. The fraction of sp³-hybridized carbons (Fsp3) is 0.750. The zero-order chi connectivity index (χ0) is 17.2. The molecule has 1 nitrogen and oxygen atoms in total. The second-order valence-electron chi connectivity index (χ2n) is 9.17. The summed E-state index contributed by atoms with van der Waals surface area (Å²) in [7, 11) is 0. The van der Waals surface area contributed by atoms with E-state index in [2.05, 4.69) is 32.0 Å². The Morgan fingerprint density at radius 3 is 2.48 bits per heavy atom. The summed E-state index contributed by atoms with van der Waals surface area (Å²) in [4.78, 5) is 0. The van der Waals surface area contributed by atoms with Gasteiger partial charge in [0.1, 0.15) is 0 Å². The van der Waals surface area contributed by atoms with E-state index in [0.29, 0.717) is 6.10 Å². The van der Waals surface area contributed by atoms with E-state index in [0.717, 1.165) is 36.7 Å². The Labute approximate surface area is 154 Å². The summed E-state index contributed by atoms with van der Waals surface area (Å²) in [5.41, 5.74) is 4.72. The molecule has 3 aliphatic rings.